The zero-order chi connectivity index (χ0) is 12.5. The van der Waals surface area contributed by atoms with Crippen LogP contribution in [0, 0.1) is 11.3 Å². The van der Waals surface area contributed by atoms with Crippen LogP contribution in [0.3, 0.4) is 0 Å². The first-order chi connectivity index (χ1) is 8.27. The first-order valence-electron chi connectivity index (χ1n) is 5.28. The van der Waals surface area contributed by atoms with Gasteiger partial charge in [-0.25, -0.2) is 0 Å². The maximum atomic E-state index is 8.93. The SMILES string of the molecule is COCCOCCNc1cc(Br)ccc1C#N. The molecule has 0 amide bonds. The molecule has 0 atom stereocenters. The van der Waals surface area contributed by atoms with Crippen molar-refractivity contribution in [3.05, 3.63) is 28.2 Å². The van der Waals surface area contributed by atoms with Gasteiger partial charge in [0, 0.05) is 18.1 Å². The van der Waals surface area contributed by atoms with Crippen LogP contribution in [-0.4, -0.2) is 33.5 Å². The predicted molar refractivity (Wildman–Crippen MR) is 70.0 cm³/mol. The Hall–Kier alpha value is -1.09. The summed E-state index contributed by atoms with van der Waals surface area (Å²) in [5, 5.41) is 12.1. The molecule has 0 aliphatic rings. The molecule has 0 unspecified atom stereocenters. The smallest absolute Gasteiger partial charge is 0.101 e. The van der Waals surface area contributed by atoms with Crippen LogP contribution in [0.25, 0.3) is 0 Å². The summed E-state index contributed by atoms with van der Waals surface area (Å²) < 4.78 is 11.1. The van der Waals surface area contributed by atoms with Crippen LogP contribution in [-0.2, 0) is 9.47 Å². The molecular weight excluding hydrogens is 284 g/mol. The largest absolute Gasteiger partial charge is 0.382 e. The average Bonchev–Trinajstić information content (AvgIpc) is 2.34. The normalized spacial score (nSPS) is 9.94. The highest BCUT2D eigenvalue weighted by Gasteiger charge is 2.01. The van der Waals surface area contributed by atoms with Gasteiger partial charge in [-0.1, -0.05) is 15.9 Å². The molecule has 0 bridgehead atoms. The van der Waals surface area contributed by atoms with Crippen molar-refractivity contribution in [1.82, 2.24) is 0 Å². The molecule has 0 aliphatic heterocycles. The number of nitriles is 1. The van der Waals surface area contributed by atoms with Gasteiger partial charge in [-0.05, 0) is 18.2 Å². The Bertz CT molecular complexity index is 391. The number of benzene rings is 1. The number of rotatable bonds is 7. The number of hydrogen-bond acceptors (Lipinski definition) is 4. The number of ether oxygens (including phenoxy) is 2. The lowest BCUT2D eigenvalue weighted by Gasteiger charge is -2.09. The number of halogens is 1. The fraction of sp³-hybridized carbons (Fsp3) is 0.417. The first-order valence-corrected chi connectivity index (χ1v) is 6.07. The molecule has 5 heteroatoms. The first kappa shape index (κ1) is 14.0. The highest BCUT2D eigenvalue weighted by molar-refractivity contribution is 9.10. The minimum absolute atomic E-state index is 0.584. The van der Waals surface area contributed by atoms with Crippen LogP contribution in [0.1, 0.15) is 5.56 Å². The Labute approximate surface area is 110 Å². The van der Waals surface area contributed by atoms with Crippen LogP contribution < -0.4 is 5.32 Å². The van der Waals surface area contributed by atoms with E-state index in [1.54, 1.807) is 13.2 Å². The van der Waals surface area contributed by atoms with Crippen molar-refractivity contribution in [2.75, 3.05) is 38.8 Å². The van der Waals surface area contributed by atoms with Gasteiger partial charge in [0.2, 0.25) is 0 Å². The predicted octanol–water partition coefficient (Wildman–Crippen LogP) is 2.40. The second-order valence-electron chi connectivity index (χ2n) is 3.33. The molecule has 1 aromatic rings. The monoisotopic (exact) mass is 298 g/mol. The zero-order valence-electron chi connectivity index (χ0n) is 9.70. The number of nitrogens with zero attached hydrogens (tertiary/aromatic N) is 1. The molecule has 0 heterocycles. The molecule has 0 fully saturated rings. The van der Waals surface area contributed by atoms with E-state index in [0.29, 0.717) is 31.9 Å². The summed E-state index contributed by atoms with van der Waals surface area (Å²) in [5.41, 5.74) is 1.45. The van der Waals surface area contributed by atoms with Gasteiger partial charge in [0.15, 0.2) is 0 Å². The number of methoxy groups -OCH3 is 1. The van der Waals surface area contributed by atoms with Gasteiger partial charge in [-0.15, -0.1) is 0 Å². The molecular formula is C12H15BrN2O2. The summed E-state index contributed by atoms with van der Waals surface area (Å²) in [6.07, 6.45) is 0. The van der Waals surface area contributed by atoms with Gasteiger partial charge in [0.25, 0.3) is 0 Å². The van der Waals surface area contributed by atoms with Gasteiger partial charge in [0.1, 0.15) is 6.07 Å². The van der Waals surface area contributed by atoms with Crippen molar-refractivity contribution in [2.24, 2.45) is 0 Å². The zero-order valence-corrected chi connectivity index (χ0v) is 11.3. The van der Waals surface area contributed by atoms with E-state index in [-0.39, 0.29) is 0 Å². The van der Waals surface area contributed by atoms with Crippen molar-refractivity contribution in [3.63, 3.8) is 0 Å². The lowest BCUT2D eigenvalue weighted by Crippen LogP contribution is -2.12. The van der Waals surface area contributed by atoms with Crippen LogP contribution in [0.4, 0.5) is 5.69 Å². The van der Waals surface area contributed by atoms with Crippen molar-refractivity contribution in [3.8, 4) is 6.07 Å². The number of hydrogen-bond donors (Lipinski definition) is 1. The second kappa shape index (κ2) is 8.07. The van der Waals surface area contributed by atoms with Gasteiger partial charge in [0.05, 0.1) is 31.1 Å². The highest BCUT2D eigenvalue weighted by atomic mass is 79.9. The Morgan fingerprint density at radius 1 is 1.35 bits per heavy atom. The van der Waals surface area contributed by atoms with E-state index < -0.39 is 0 Å². The minimum Gasteiger partial charge on any atom is -0.382 e. The molecule has 0 saturated heterocycles. The molecule has 0 saturated carbocycles. The molecule has 0 aromatic heterocycles. The maximum absolute atomic E-state index is 8.93. The fourth-order valence-electron chi connectivity index (χ4n) is 1.26. The summed E-state index contributed by atoms with van der Waals surface area (Å²) in [4.78, 5) is 0. The molecule has 0 radical (unpaired) electrons. The van der Waals surface area contributed by atoms with E-state index in [1.807, 2.05) is 12.1 Å². The van der Waals surface area contributed by atoms with E-state index in [0.717, 1.165) is 10.2 Å². The van der Waals surface area contributed by atoms with Crippen molar-refractivity contribution in [1.29, 1.82) is 5.26 Å². The van der Waals surface area contributed by atoms with Crippen LogP contribution in [0.2, 0.25) is 0 Å². The van der Waals surface area contributed by atoms with Crippen LogP contribution >= 0.6 is 15.9 Å². The van der Waals surface area contributed by atoms with Crippen molar-refractivity contribution < 1.29 is 9.47 Å². The van der Waals surface area contributed by atoms with Gasteiger partial charge >= 0.3 is 0 Å². The summed E-state index contributed by atoms with van der Waals surface area (Å²) in [6.45, 7) is 2.43. The molecule has 0 aliphatic carbocycles. The molecule has 1 N–H and O–H groups in total. The van der Waals surface area contributed by atoms with Crippen LogP contribution in [0.5, 0.6) is 0 Å². The Morgan fingerprint density at radius 2 is 2.18 bits per heavy atom. The second-order valence-corrected chi connectivity index (χ2v) is 4.25. The Kier molecular flexibility index (Phi) is 6.63. The Balaban J connectivity index is 2.36. The minimum atomic E-state index is 0.584. The molecule has 1 aromatic carbocycles. The van der Waals surface area contributed by atoms with Gasteiger partial charge < -0.3 is 14.8 Å². The Morgan fingerprint density at radius 3 is 2.88 bits per heavy atom. The molecule has 92 valence electrons. The lowest BCUT2D eigenvalue weighted by atomic mass is 10.2. The third-order valence-electron chi connectivity index (χ3n) is 2.10. The van der Waals surface area contributed by atoms with Gasteiger partial charge in [-0.2, -0.15) is 5.26 Å². The molecule has 17 heavy (non-hydrogen) atoms. The number of anilines is 1. The molecule has 0 spiro atoms. The highest BCUT2D eigenvalue weighted by Crippen LogP contribution is 2.20. The molecule has 1 rings (SSSR count). The summed E-state index contributed by atoms with van der Waals surface area (Å²) in [5.74, 6) is 0. The standard InChI is InChI=1S/C12H15BrN2O2/c1-16-6-7-17-5-4-15-12-8-11(13)3-2-10(12)9-14/h2-3,8,15H,4-7H2,1H3. The number of nitrogens with one attached hydrogen (secondary N) is 1. The average molecular weight is 299 g/mol. The van der Waals surface area contributed by atoms with E-state index >= 15 is 0 Å². The van der Waals surface area contributed by atoms with Crippen molar-refractivity contribution >= 4 is 21.6 Å². The molecule has 4 nitrogen and oxygen atoms in total. The lowest BCUT2D eigenvalue weighted by molar-refractivity contribution is 0.0759. The third kappa shape index (κ3) is 5.18. The third-order valence-corrected chi connectivity index (χ3v) is 2.59. The van der Waals surface area contributed by atoms with E-state index in [9.17, 15) is 0 Å². The van der Waals surface area contributed by atoms with E-state index in [2.05, 4.69) is 27.3 Å². The van der Waals surface area contributed by atoms with E-state index in [1.165, 1.54) is 0 Å². The summed E-state index contributed by atoms with van der Waals surface area (Å²) in [7, 11) is 1.64. The summed E-state index contributed by atoms with van der Waals surface area (Å²) in [6, 6.07) is 7.64. The van der Waals surface area contributed by atoms with E-state index in [4.69, 9.17) is 14.7 Å². The van der Waals surface area contributed by atoms with Crippen molar-refractivity contribution in [2.45, 2.75) is 0 Å². The topological polar surface area (TPSA) is 54.3 Å². The maximum Gasteiger partial charge on any atom is 0.101 e. The van der Waals surface area contributed by atoms with Crippen LogP contribution in [0.15, 0.2) is 22.7 Å². The quantitative estimate of drug-likeness (QED) is 0.786. The fourth-order valence-corrected chi connectivity index (χ4v) is 1.62. The van der Waals surface area contributed by atoms with Gasteiger partial charge in [-0.3, -0.25) is 0 Å². The summed E-state index contributed by atoms with van der Waals surface area (Å²) >= 11 is 3.37.